The summed E-state index contributed by atoms with van der Waals surface area (Å²) in [5, 5.41) is 14.8. The molecule has 0 unspecified atom stereocenters. The molecule has 3 aromatic rings. The number of hydrogen-bond acceptors (Lipinski definition) is 5. The van der Waals surface area contributed by atoms with Gasteiger partial charge in [0.25, 0.3) is 0 Å². The Morgan fingerprint density at radius 1 is 1.03 bits per heavy atom. The Hall–Kier alpha value is -4.38. The summed E-state index contributed by atoms with van der Waals surface area (Å²) in [6.07, 6.45) is 1.18. The monoisotopic (exact) mass is 428 g/mol. The average Bonchev–Trinajstić information content (AvgIpc) is 2.74. The second-order valence-electron chi connectivity index (χ2n) is 7.89. The van der Waals surface area contributed by atoms with Gasteiger partial charge >= 0.3 is 6.09 Å². The Kier molecular flexibility index (Phi) is 6.71. The van der Waals surface area contributed by atoms with Gasteiger partial charge in [-0.1, -0.05) is 24.3 Å². The highest BCUT2D eigenvalue weighted by atomic mass is 16.6. The predicted molar refractivity (Wildman–Crippen MR) is 126 cm³/mol. The van der Waals surface area contributed by atoms with Crippen molar-refractivity contribution in [1.29, 1.82) is 5.26 Å². The summed E-state index contributed by atoms with van der Waals surface area (Å²) in [6.45, 7) is 5.43. The number of nitrogens with two attached hydrogens (primary N) is 1. The fourth-order valence-corrected chi connectivity index (χ4v) is 2.77. The number of aromatic nitrogens is 1. The third-order valence-corrected chi connectivity index (χ3v) is 4.16. The molecule has 0 saturated carbocycles. The Bertz CT molecular complexity index is 1160. The van der Waals surface area contributed by atoms with Gasteiger partial charge in [-0.2, -0.15) is 10.3 Å². The van der Waals surface area contributed by atoms with Crippen molar-refractivity contribution in [2.75, 3.05) is 10.6 Å². The lowest BCUT2D eigenvalue weighted by atomic mass is 10.1. The molecule has 162 valence electrons. The van der Waals surface area contributed by atoms with Crippen molar-refractivity contribution in [2.45, 2.75) is 26.4 Å². The molecule has 0 bridgehead atoms. The summed E-state index contributed by atoms with van der Waals surface area (Å²) in [5.41, 5.74) is 8.88. The number of guanidine groups is 1. The molecule has 3 rings (SSSR count). The number of carbonyl (C=O) groups is 1. The molecule has 1 amide bonds. The number of amides is 1. The number of carbonyl (C=O) groups excluding carboxylic acids is 1. The normalized spacial score (nSPS) is 11.4. The van der Waals surface area contributed by atoms with Crippen LogP contribution in [0, 0.1) is 11.3 Å². The van der Waals surface area contributed by atoms with E-state index in [1.165, 1.54) is 0 Å². The molecule has 32 heavy (non-hydrogen) atoms. The molecule has 0 saturated heterocycles. The van der Waals surface area contributed by atoms with Gasteiger partial charge in [0.1, 0.15) is 11.7 Å². The largest absolute Gasteiger partial charge is 0.444 e. The van der Waals surface area contributed by atoms with Crippen molar-refractivity contribution < 1.29 is 9.53 Å². The minimum atomic E-state index is -0.558. The Morgan fingerprint density at radius 3 is 2.34 bits per heavy atom. The van der Waals surface area contributed by atoms with Crippen molar-refractivity contribution in [3.63, 3.8) is 0 Å². The minimum Gasteiger partial charge on any atom is -0.444 e. The molecule has 1 heterocycles. The highest BCUT2D eigenvalue weighted by Gasteiger charge is 2.16. The van der Waals surface area contributed by atoms with E-state index in [1.54, 1.807) is 48.7 Å². The van der Waals surface area contributed by atoms with Gasteiger partial charge < -0.3 is 15.8 Å². The van der Waals surface area contributed by atoms with Gasteiger partial charge in [0.15, 0.2) is 11.8 Å². The van der Waals surface area contributed by atoms with Crippen molar-refractivity contribution >= 4 is 29.2 Å². The van der Waals surface area contributed by atoms with E-state index in [0.29, 0.717) is 22.8 Å². The van der Waals surface area contributed by atoms with Gasteiger partial charge in [0.2, 0.25) is 0 Å². The number of nitriles is 1. The van der Waals surface area contributed by atoms with Crippen molar-refractivity contribution in [2.24, 2.45) is 10.7 Å². The number of aliphatic imine (C=N–C) groups is 1. The van der Waals surface area contributed by atoms with Crippen molar-refractivity contribution in [1.82, 2.24) is 4.98 Å². The average molecular weight is 428 g/mol. The molecule has 2 aromatic carbocycles. The molecule has 8 heteroatoms. The molecule has 1 aromatic heterocycles. The van der Waals surface area contributed by atoms with Crippen LogP contribution in [0.25, 0.3) is 11.1 Å². The van der Waals surface area contributed by atoms with Gasteiger partial charge in [-0.3, -0.25) is 5.32 Å². The van der Waals surface area contributed by atoms with Crippen LogP contribution in [0.3, 0.4) is 0 Å². The molecule has 0 spiro atoms. The number of nitrogens with one attached hydrogen (secondary N) is 2. The van der Waals surface area contributed by atoms with Crippen LogP contribution in [0.15, 0.2) is 71.9 Å². The molecule has 0 radical (unpaired) electrons. The molecule has 0 aliphatic carbocycles. The SMILES string of the molecule is CC(C)(C)OC(=O)Nc1ccc(-c2ccc(N=C(N)Nc3ccccc3C#N)nc2)cc1. The maximum absolute atomic E-state index is 11.9. The summed E-state index contributed by atoms with van der Waals surface area (Å²) in [5.74, 6) is 0.557. The van der Waals surface area contributed by atoms with Crippen molar-refractivity contribution in [3.8, 4) is 17.2 Å². The number of pyridine rings is 1. The van der Waals surface area contributed by atoms with E-state index in [9.17, 15) is 4.79 Å². The molecule has 4 N–H and O–H groups in total. The first-order chi connectivity index (χ1) is 15.2. The van der Waals surface area contributed by atoms with Crippen LogP contribution < -0.4 is 16.4 Å². The lowest BCUT2D eigenvalue weighted by molar-refractivity contribution is 0.0636. The van der Waals surface area contributed by atoms with Crippen molar-refractivity contribution in [3.05, 3.63) is 72.4 Å². The molecular formula is C24H24N6O2. The van der Waals surface area contributed by atoms with Crippen LogP contribution in [0.4, 0.5) is 22.0 Å². The summed E-state index contributed by atoms with van der Waals surface area (Å²) >= 11 is 0. The van der Waals surface area contributed by atoms with E-state index < -0.39 is 11.7 Å². The van der Waals surface area contributed by atoms with Gasteiger partial charge in [0, 0.05) is 17.4 Å². The maximum Gasteiger partial charge on any atom is 0.412 e. The fourth-order valence-electron chi connectivity index (χ4n) is 2.77. The smallest absolute Gasteiger partial charge is 0.412 e. The van der Waals surface area contributed by atoms with E-state index in [0.717, 1.165) is 11.1 Å². The number of ether oxygens (including phenoxy) is 1. The van der Waals surface area contributed by atoms with Gasteiger partial charge in [0.05, 0.1) is 11.3 Å². The second-order valence-corrected chi connectivity index (χ2v) is 7.89. The van der Waals surface area contributed by atoms with E-state index in [1.807, 2.05) is 39.0 Å². The number of nitrogens with zero attached hydrogens (tertiary/aromatic N) is 3. The van der Waals surface area contributed by atoms with E-state index in [4.69, 9.17) is 15.7 Å². The van der Waals surface area contributed by atoms with Crippen LogP contribution >= 0.6 is 0 Å². The van der Waals surface area contributed by atoms with E-state index in [-0.39, 0.29) is 5.96 Å². The summed E-state index contributed by atoms with van der Waals surface area (Å²) in [4.78, 5) is 20.4. The standard InChI is InChI=1S/C24H24N6O2/c1-24(2,3)32-23(31)28-19-11-8-16(9-12-19)18-10-13-21(27-15-18)30-22(26)29-20-7-5-4-6-17(20)14-25/h4-13,15H,1-3H3,(H,28,31)(H3,26,27,29,30). The zero-order chi connectivity index (χ0) is 23.1. The first-order valence-electron chi connectivity index (χ1n) is 9.90. The second kappa shape index (κ2) is 9.62. The Balaban J connectivity index is 1.66. The summed E-state index contributed by atoms with van der Waals surface area (Å²) in [6, 6.07) is 20.1. The Morgan fingerprint density at radius 2 is 1.72 bits per heavy atom. The fraction of sp³-hybridized carbons (Fsp3) is 0.167. The number of hydrogen-bond donors (Lipinski definition) is 3. The molecule has 0 aliphatic rings. The number of anilines is 2. The van der Waals surface area contributed by atoms with Gasteiger partial charge in [-0.25, -0.2) is 9.78 Å². The molecular weight excluding hydrogens is 404 g/mol. The Labute approximate surface area is 186 Å². The van der Waals surface area contributed by atoms with E-state index >= 15 is 0 Å². The quantitative estimate of drug-likeness (QED) is 0.395. The van der Waals surface area contributed by atoms with Gasteiger partial charge in [-0.15, -0.1) is 0 Å². The first-order valence-corrected chi connectivity index (χ1v) is 9.90. The lowest BCUT2D eigenvalue weighted by Gasteiger charge is -2.19. The maximum atomic E-state index is 11.9. The van der Waals surface area contributed by atoms with Crippen LogP contribution in [0.5, 0.6) is 0 Å². The van der Waals surface area contributed by atoms with Crippen LogP contribution in [0.2, 0.25) is 0 Å². The molecule has 0 atom stereocenters. The van der Waals surface area contributed by atoms with Crippen LogP contribution in [-0.4, -0.2) is 22.6 Å². The predicted octanol–water partition coefficient (Wildman–Crippen LogP) is 5.03. The first kappa shape index (κ1) is 22.3. The minimum absolute atomic E-state index is 0.130. The molecule has 8 nitrogen and oxygen atoms in total. The third kappa shape index (κ3) is 6.31. The van der Waals surface area contributed by atoms with Gasteiger partial charge in [-0.05, 0) is 62.7 Å². The third-order valence-electron chi connectivity index (χ3n) is 4.16. The zero-order valence-corrected chi connectivity index (χ0v) is 18.1. The number of para-hydroxylation sites is 1. The highest BCUT2D eigenvalue weighted by Crippen LogP contribution is 2.23. The number of benzene rings is 2. The number of rotatable bonds is 4. The topological polar surface area (TPSA) is 125 Å². The zero-order valence-electron chi connectivity index (χ0n) is 18.1. The molecule has 0 aliphatic heterocycles. The summed E-state index contributed by atoms with van der Waals surface area (Å²) < 4.78 is 5.25. The summed E-state index contributed by atoms with van der Waals surface area (Å²) in [7, 11) is 0. The van der Waals surface area contributed by atoms with E-state index in [2.05, 4.69) is 26.7 Å². The highest BCUT2D eigenvalue weighted by molar-refractivity contribution is 5.95. The van der Waals surface area contributed by atoms with Crippen LogP contribution in [0.1, 0.15) is 26.3 Å². The lowest BCUT2D eigenvalue weighted by Crippen LogP contribution is -2.27. The van der Waals surface area contributed by atoms with Crippen LogP contribution in [-0.2, 0) is 4.74 Å². The molecule has 0 fully saturated rings.